The Morgan fingerprint density at radius 1 is 1.27 bits per heavy atom. The van der Waals surface area contributed by atoms with Crippen LogP contribution in [-0.2, 0) is 4.74 Å². The summed E-state index contributed by atoms with van der Waals surface area (Å²) in [4.78, 5) is 19.1. The average molecular weight is 423 g/mol. The van der Waals surface area contributed by atoms with E-state index >= 15 is 0 Å². The molecule has 3 aromatic rings. The molecule has 30 heavy (non-hydrogen) atoms. The molecule has 154 valence electrons. The van der Waals surface area contributed by atoms with E-state index in [2.05, 4.69) is 15.6 Å². The van der Waals surface area contributed by atoms with Gasteiger partial charge in [0.25, 0.3) is 0 Å². The molecule has 0 bridgehead atoms. The van der Waals surface area contributed by atoms with E-state index in [0.717, 1.165) is 35.0 Å². The Morgan fingerprint density at radius 3 is 2.67 bits per heavy atom. The molecular formula is C23H23ClN4O2. The van der Waals surface area contributed by atoms with E-state index < -0.39 is 5.60 Å². The number of fused-ring (bicyclic) bond motifs is 1. The van der Waals surface area contributed by atoms with E-state index in [1.807, 2.05) is 51.2 Å². The van der Waals surface area contributed by atoms with Crippen molar-refractivity contribution in [2.75, 3.05) is 6.54 Å². The highest BCUT2D eigenvalue weighted by molar-refractivity contribution is 6.32. The molecule has 4 rings (SSSR count). The van der Waals surface area contributed by atoms with Gasteiger partial charge in [0.2, 0.25) is 0 Å². The van der Waals surface area contributed by atoms with Gasteiger partial charge >= 0.3 is 6.09 Å². The third kappa shape index (κ3) is 3.86. The average Bonchev–Trinajstić information content (AvgIpc) is 3.32. The number of benzene rings is 1. The predicted molar refractivity (Wildman–Crippen MR) is 116 cm³/mol. The van der Waals surface area contributed by atoms with Gasteiger partial charge in [0.15, 0.2) is 0 Å². The lowest BCUT2D eigenvalue weighted by Gasteiger charge is -2.29. The molecule has 3 heterocycles. The van der Waals surface area contributed by atoms with Crippen LogP contribution in [0, 0.1) is 11.3 Å². The molecule has 0 aliphatic carbocycles. The lowest BCUT2D eigenvalue weighted by Crippen LogP contribution is -2.38. The van der Waals surface area contributed by atoms with Gasteiger partial charge in [-0.05, 0) is 63.4 Å². The number of amides is 1. The maximum Gasteiger partial charge on any atom is 0.411 e. The first-order valence-electron chi connectivity index (χ1n) is 9.94. The zero-order valence-electron chi connectivity index (χ0n) is 17.2. The number of hydrogen-bond donors (Lipinski definition) is 0. The topological polar surface area (TPSA) is 71.2 Å². The van der Waals surface area contributed by atoms with Crippen molar-refractivity contribution in [2.24, 2.45) is 0 Å². The minimum absolute atomic E-state index is 0.130. The molecule has 1 unspecified atom stereocenters. The van der Waals surface area contributed by atoms with Crippen LogP contribution in [0.1, 0.15) is 45.3 Å². The molecule has 7 heteroatoms. The highest BCUT2D eigenvalue weighted by Crippen LogP contribution is 2.35. The first-order valence-corrected chi connectivity index (χ1v) is 10.3. The van der Waals surface area contributed by atoms with Crippen molar-refractivity contribution < 1.29 is 9.53 Å². The fourth-order valence-corrected chi connectivity index (χ4v) is 4.07. The van der Waals surface area contributed by atoms with Crippen LogP contribution < -0.4 is 0 Å². The second-order valence-corrected chi connectivity index (χ2v) is 8.80. The summed E-state index contributed by atoms with van der Waals surface area (Å²) in [6.45, 7) is 6.27. The summed E-state index contributed by atoms with van der Waals surface area (Å²) in [6, 6.07) is 13.3. The summed E-state index contributed by atoms with van der Waals surface area (Å²) >= 11 is 6.46. The zero-order chi connectivity index (χ0) is 21.5. The van der Waals surface area contributed by atoms with Crippen molar-refractivity contribution in [1.29, 1.82) is 5.26 Å². The molecule has 2 aromatic heterocycles. The number of hydrogen-bond acceptors (Lipinski definition) is 4. The van der Waals surface area contributed by atoms with E-state index in [0.29, 0.717) is 17.3 Å². The number of nitriles is 1. The smallest absolute Gasteiger partial charge is 0.411 e. The van der Waals surface area contributed by atoms with E-state index in [1.165, 1.54) is 0 Å². The van der Waals surface area contributed by atoms with Crippen molar-refractivity contribution in [3.8, 4) is 17.2 Å². The van der Waals surface area contributed by atoms with E-state index in [4.69, 9.17) is 21.6 Å². The standard InChI is InChI=1S/C23H23ClN4O2/c1-23(2,3)30-22(29)28-11-4-5-20(28)27-12-10-18-19(27)13-17(21(24)26-18)16-8-6-15(14-25)7-9-16/h6-10,12-13,20H,4-5,11H2,1-3H3. The minimum atomic E-state index is -0.541. The molecule has 0 radical (unpaired) electrons. The lowest BCUT2D eigenvalue weighted by molar-refractivity contribution is 0.0167. The van der Waals surface area contributed by atoms with Gasteiger partial charge in [0.1, 0.15) is 16.9 Å². The number of carbonyl (C=O) groups is 1. The molecule has 6 nitrogen and oxygen atoms in total. The zero-order valence-corrected chi connectivity index (χ0v) is 18.0. The molecular weight excluding hydrogens is 400 g/mol. The molecule has 1 saturated heterocycles. The molecule has 1 aromatic carbocycles. The molecule has 1 amide bonds. The number of nitrogens with zero attached hydrogens (tertiary/aromatic N) is 4. The molecule has 1 fully saturated rings. The molecule has 0 saturated carbocycles. The highest BCUT2D eigenvalue weighted by atomic mass is 35.5. The van der Waals surface area contributed by atoms with Gasteiger partial charge in [0, 0.05) is 18.3 Å². The predicted octanol–water partition coefficient (Wildman–Crippen LogP) is 5.76. The number of aromatic nitrogens is 2. The van der Waals surface area contributed by atoms with Gasteiger partial charge in [0.05, 0.1) is 22.7 Å². The van der Waals surface area contributed by atoms with Gasteiger partial charge in [-0.15, -0.1) is 0 Å². The summed E-state index contributed by atoms with van der Waals surface area (Å²) in [7, 11) is 0. The van der Waals surface area contributed by atoms with Crippen LogP contribution in [0.2, 0.25) is 5.15 Å². The Labute approximate surface area is 180 Å². The third-order valence-corrected chi connectivity index (χ3v) is 5.44. The fourth-order valence-electron chi connectivity index (χ4n) is 3.81. The Kier molecular flexibility index (Phi) is 5.17. The molecule has 1 atom stereocenters. The second kappa shape index (κ2) is 7.66. The Balaban J connectivity index is 1.73. The van der Waals surface area contributed by atoms with E-state index in [-0.39, 0.29) is 12.3 Å². The Morgan fingerprint density at radius 2 is 2.00 bits per heavy atom. The maximum atomic E-state index is 12.7. The van der Waals surface area contributed by atoms with Crippen molar-refractivity contribution in [1.82, 2.24) is 14.5 Å². The van der Waals surface area contributed by atoms with Crippen LogP contribution in [0.4, 0.5) is 4.79 Å². The van der Waals surface area contributed by atoms with Crippen molar-refractivity contribution in [3.63, 3.8) is 0 Å². The SMILES string of the molecule is CC(C)(C)OC(=O)N1CCCC1n1ccc2nc(Cl)c(-c3ccc(C#N)cc3)cc21. The lowest BCUT2D eigenvalue weighted by atomic mass is 10.1. The van der Waals surface area contributed by atoms with Crippen LogP contribution in [0.3, 0.4) is 0 Å². The van der Waals surface area contributed by atoms with Crippen molar-refractivity contribution >= 4 is 28.7 Å². The summed E-state index contributed by atoms with van der Waals surface area (Å²) in [5.41, 5.74) is 3.40. The van der Waals surface area contributed by atoms with E-state index in [1.54, 1.807) is 17.0 Å². The fraction of sp³-hybridized carbons (Fsp3) is 0.348. The molecule has 0 spiro atoms. The number of likely N-dealkylation sites (tertiary alicyclic amines) is 1. The number of pyridine rings is 1. The number of rotatable bonds is 2. The van der Waals surface area contributed by atoms with Gasteiger partial charge in [-0.2, -0.15) is 5.26 Å². The quantitative estimate of drug-likeness (QED) is 0.492. The Hall–Kier alpha value is -3.04. The van der Waals surface area contributed by atoms with Gasteiger partial charge in [-0.1, -0.05) is 23.7 Å². The first kappa shape index (κ1) is 20.2. The monoisotopic (exact) mass is 422 g/mol. The van der Waals surface area contributed by atoms with Gasteiger partial charge in [-0.3, -0.25) is 4.90 Å². The highest BCUT2D eigenvalue weighted by Gasteiger charge is 2.33. The van der Waals surface area contributed by atoms with Crippen LogP contribution in [0.5, 0.6) is 0 Å². The van der Waals surface area contributed by atoms with Crippen LogP contribution in [0.25, 0.3) is 22.2 Å². The van der Waals surface area contributed by atoms with Crippen molar-refractivity contribution in [3.05, 3.63) is 53.3 Å². The first-order chi connectivity index (χ1) is 14.3. The minimum Gasteiger partial charge on any atom is -0.444 e. The molecule has 0 N–H and O–H groups in total. The normalized spacial score (nSPS) is 16.6. The summed E-state index contributed by atoms with van der Waals surface area (Å²) < 4.78 is 7.68. The van der Waals surface area contributed by atoms with E-state index in [9.17, 15) is 4.79 Å². The van der Waals surface area contributed by atoms with Gasteiger partial charge < -0.3 is 9.30 Å². The van der Waals surface area contributed by atoms with Crippen molar-refractivity contribution in [2.45, 2.75) is 45.4 Å². The van der Waals surface area contributed by atoms with Crippen LogP contribution >= 0.6 is 11.6 Å². The Bertz CT molecular complexity index is 1140. The molecule has 1 aliphatic heterocycles. The summed E-state index contributed by atoms with van der Waals surface area (Å²) in [5, 5.41) is 9.43. The molecule has 1 aliphatic rings. The summed E-state index contributed by atoms with van der Waals surface area (Å²) in [5.74, 6) is 0. The number of ether oxygens (including phenoxy) is 1. The van der Waals surface area contributed by atoms with Gasteiger partial charge in [-0.25, -0.2) is 9.78 Å². The maximum absolute atomic E-state index is 12.7. The third-order valence-electron chi connectivity index (χ3n) is 5.15. The largest absolute Gasteiger partial charge is 0.444 e. The van der Waals surface area contributed by atoms with Crippen LogP contribution in [0.15, 0.2) is 42.6 Å². The summed E-state index contributed by atoms with van der Waals surface area (Å²) in [6.07, 6.45) is 3.27. The number of carbonyl (C=O) groups excluding carboxylic acids is 1. The van der Waals surface area contributed by atoms with Crippen LogP contribution in [-0.4, -0.2) is 32.7 Å². The number of halogens is 1. The second-order valence-electron chi connectivity index (χ2n) is 8.44.